The Balaban J connectivity index is 3.38. The van der Waals surface area contributed by atoms with Gasteiger partial charge in [-0.3, -0.25) is 4.18 Å². The molecule has 0 bridgehead atoms. The van der Waals surface area contributed by atoms with Crippen LogP contribution >= 0.6 is 0 Å². The Kier molecular flexibility index (Phi) is 11.4. The van der Waals surface area contributed by atoms with Gasteiger partial charge in [-0.2, -0.15) is 8.42 Å². The van der Waals surface area contributed by atoms with Crippen molar-refractivity contribution >= 4 is 10.1 Å². The van der Waals surface area contributed by atoms with Gasteiger partial charge in [-0.15, -0.1) is 0 Å². The van der Waals surface area contributed by atoms with Crippen LogP contribution in [0.4, 0.5) is 0 Å². The fourth-order valence-electron chi connectivity index (χ4n) is 1.16. The van der Waals surface area contributed by atoms with E-state index in [2.05, 4.69) is 4.18 Å². The van der Waals surface area contributed by atoms with Crippen LogP contribution in [0.15, 0.2) is 0 Å². The van der Waals surface area contributed by atoms with Crippen molar-refractivity contribution in [2.24, 2.45) is 0 Å². The lowest BCUT2D eigenvalue weighted by molar-refractivity contribution is -0.169. The third-order valence-electron chi connectivity index (χ3n) is 1.86. The van der Waals surface area contributed by atoms with E-state index in [1.54, 1.807) is 0 Å². The maximum absolute atomic E-state index is 10.6. The quantitative estimate of drug-likeness (QED) is 0.276. The van der Waals surface area contributed by atoms with Crippen molar-refractivity contribution in [1.29, 1.82) is 0 Å². The minimum absolute atomic E-state index is 0.0132. The van der Waals surface area contributed by atoms with E-state index in [0.29, 0.717) is 33.0 Å². The van der Waals surface area contributed by atoms with Gasteiger partial charge in [-0.05, 0) is 13.8 Å². The lowest BCUT2D eigenvalue weighted by Crippen LogP contribution is -2.24. The van der Waals surface area contributed by atoms with Crippen LogP contribution in [0.3, 0.4) is 0 Å². The Hall–Kier alpha value is -0.250. The third kappa shape index (κ3) is 14.0. The van der Waals surface area contributed by atoms with Crippen molar-refractivity contribution in [2.75, 3.05) is 52.5 Å². The molecule has 0 unspecified atom stereocenters. The van der Waals surface area contributed by atoms with E-state index >= 15 is 0 Å². The van der Waals surface area contributed by atoms with Gasteiger partial charge in [-0.1, -0.05) is 0 Å². The summed E-state index contributed by atoms with van der Waals surface area (Å²) in [4.78, 5) is 0. The minimum atomic E-state index is -3.39. The predicted molar refractivity (Wildman–Crippen MR) is 69.5 cm³/mol. The second kappa shape index (κ2) is 11.6. The van der Waals surface area contributed by atoms with E-state index < -0.39 is 10.1 Å². The molecule has 0 aromatic heterocycles. The fourth-order valence-corrected chi connectivity index (χ4v) is 1.53. The van der Waals surface area contributed by atoms with Crippen LogP contribution in [0.5, 0.6) is 0 Å². The molecule has 0 amide bonds. The maximum Gasteiger partial charge on any atom is 0.264 e. The van der Waals surface area contributed by atoms with Crippen molar-refractivity contribution in [2.45, 2.75) is 20.1 Å². The molecule has 0 rings (SSSR count). The molecule has 7 nitrogen and oxygen atoms in total. The third-order valence-corrected chi connectivity index (χ3v) is 2.45. The molecule has 0 N–H and O–H groups in total. The molecule has 0 atom stereocenters. The average molecular weight is 300 g/mol. The molecule has 0 fully saturated rings. The van der Waals surface area contributed by atoms with E-state index in [4.69, 9.17) is 18.9 Å². The first-order valence-corrected chi connectivity index (χ1v) is 8.04. The molecule has 0 aromatic carbocycles. The molecule has 0 aliphatic rings. The summed E-state index contributed by atoms with van der Waals surface area (Å²) in [5.41, 5.74) is 0. The van der Waals surface area contributed by atoms with E-state index in [9.17, 15) is 8.42 Å². The number of ether oxygens (including phenoxy) is 4. The van der Waals surface area contributed by atoms with Gasteiger partial charge in [0.25, 0.3) is 10.1 Å². The van der Waals surface area contributed by atoms with Crippen LogP contribution in [-0.2, 0) is 33.2 Å². The Morgan fingerprint density at radius 1 is 0.895 bits per heavy atom. The smallest absolute Gasteiger partial charge is 0.264 e. The van der Waals surface area contributed by atoms with Gasteiger partial charge < -0.3 is 18.9 Å². The molecule has 0 radical (unpaired) electrons. The first-order valence-electron chi connectivity index (χ1n) is 6.22. The van der Waals surface area contributed by atoms with Gasteiger partial charge in [0, 0.05) is 13.2 Å². The number of hydrogen-bond donors (Lipinski definition) is 0. The van der Waals surface area contributed by atoms with Gasteiger partial charge in [0.1, 0.15) is 0 Å². The van der Waals surface area contributed by atoms with E-state index in [-0.39, 0.29) is 19.5 Å². The van der Waals surface area contributed by atoms with Crippen LogP contribution in [0, 0.1) is 0 Å². The Labute approximate surface area is 115 Å². The number of hydrogen-bond acceptors (Lipinski definition) is 7. The van der Waals surface area contributed by atoms with Crippen LogP contribution in [-0.4, -0.2) is 67.2 Å². The summed E-state index contributed by atoms with van der Waals surface area (Å²) in [6, 6.07) is 0. The predicted octanol–water partition coefficient (Wildman–Crippen LogP) is 0.395. The SMILES string of the molecule is CCOC(COCCOCCOS(C)(=O)=O)OCC. The van der Waals surface area contributed by atoms with E-state index in [1.807, 2.05) is 13.8 Å². The highest BCUT2D eigenvalue weighted by molar-refractivity contribution is 7.85. The molecule has 0 aliphatic heterocycles. The highest BCUT2D eigenvalue weighted by atomic mass is 32.2. The summed E-state index contributed by atoms with van der Waals surface area (Å²) in [6.07, 6.45) is 0.640. The molecule has 0 heterocycles. The molecule has 0 spiro atoms. The highest BCUT2D eigenvalue weighted by Gasteiger charge is 2.07. The summed E-state index contributed by atoms with van der Waals surface area (Å²) in [6.45, 7) is 6.20. The van der Waals surface area contributed by atoms with Crippen molar-refractivity contribution < 1.29 is 31.5 Å². The van der Waals surface area contributed by atoms with E-state index in [0.717, 1.165) is 6.26 Å². The van der Waals surface area contributed by atoms with Gasteiger partial charge in [0.05, 0.1) is 39.3 Å². The molecule has 0 saturated carbocycles. The Morgan fingerprint density at radius 2 is 1.42 bits per heavy atom. The monoisotopic (exact) mass is 300 g/mol. The van der Waals surface area contributed by atoms with Crippen LogP contribution in [0.1, 0.15) is 13.8 Å². The van der Waals surface area contributed by atoms with Crippen molar-refractivity contribution in [3.05, 3.63) is 0 Å². The van der Waals surface area contributed by atoms with E-state index in [1.165, 1.54) is 0 Å². The maximum atomic E-state index is 10.6. The lowest BCUT2D eigenvalue weighted by atomic mass is 10.6. The molecule has 19 heavy (non-hydrogen) atoms. The molecule has 0 aliphatic carbocycles. The summed E-state index contributed by atoms with van der Waals surface area (Å²) >= 11 is 0. The largest absolute Gasteiger partial charge is 0.377 e. The summed E-state index contributed by atoms with van der Waals surface area (Å²) < 4.78 is 46.8. The molecule has 0 aromatic rings. The molecular formula is C11H24O7S. The molecule has 116 valence electrons. The Morgan fingerprint density at radius 3 is 1.95 bits per heavy atom. The minimum Gasteiger partial charge on any atom is -0.377 e. The molecule has 8 heteroatoms. The second-order valence-corrected chi connectivity index (χ2v) is 5.20. The van der Waals surface area contributed by atoms with Gasteiger partial charge in [-0.25, -0.2) is 0 Å². The van der Waals surface area contributed by atoms with Crippen molar-refractivity contribution in [3.8, 4) is 0 Å². The summed E-state index contributed by atoms with van der Waals surface area (Å²) in [5.74, 6) is 0. The summed E-state index contributed by atoms with van der Waals surface area (Å²) in [7, 11) is -3.39. The summed E-state index contributed by atoms with van der Waals surface area (Å²) in [5, 5.41) is 0. The standard InChI is InChI=1S/C11H24O7S/c1-4-16-11(17-5-2)10-15-7-6-14-8-9-18-19(3,12)13/h11H,4-10H2,1-3H3. The van der Waals surface area contributed by atoms with Gasteiger partial charge in [0.2, 0.25) is 0 Å². The average Bonchev–Trinajstić information content (AvgIpc) is 2.31. The zero-order valence-corrected chi connectivity index (χ0v) is 12.6. The molecular weight excluding hydrogens is 276 g/mol. The highest BCUT2D eigenvalue weighted by Crippen LogP contribution is 1.96. The first-order chi connectivity index (χ1) is 8.99. The Bertz CT molecular complexity index is 285. The normalized spacial score (nSPS) is 12.2. The lowest BCUT2D eigenvalue weighted by Gasteiger charge is -2.16. The van der Waals surface area contributed by atoms with Gasteiger partial charge in [0.15, 0.2) is 6.29 Å². The molecule has 0 saturated heterocycles. The second-order valence-electron chi connectivity index (χ2n) is 3.55. The zero-order chi connectivity index (χ0) is 14.6. The zero-order valence-electron chi connectivity index (χ0n) is 11.8. The fraction of sp³-hybridized carbons (Fsp3) is 1.00. The van der Waals surface area contributed by atoms with Crippen LogP contribution < -0.4 is 0 Å². The van der Waals surface area contributed by atoms with Crippen molar-refractivity contribution in [3.63, 3.8) is 0 Å². The topological polar surface area (TPSA) is 80.3 Å². The van der Waals surface area contributed by atoms with Crippen molar-refractivity contribution in [1.82, 2.24) is 0 Å². The van der Waals surface area contributed by atoms with Crippen LogP contribution in [0.25, 0.3) is 0 Å². The number of rotatable bonds is 13. The first kappa shape index (κ1) is 18.8. The van der Waals surface area contributed by atoms with Crippen LogP contribution in [0.2, 0.25) is 0 Å². The van der Waals surface area contributed by atoms with Gasteiger partial charge >= 0.3 is 0 Å².